The molecule has 5 heteroatoms. The second-order valence-electron chi connectivity index (χ2n) is 6.80. The number of hydrogen-bond acceptors (Lipinski definition) is 5. The molecule has 0 amide bonds. The molecule has 0 atom stereocenters. The van der Waals surface area contributed by atoms with Gasteiger partial charge < -0.3 is 9.80 Å². The zero-order chi connectivity index (χ0) is 17.3. The van der Waals surface area contributed by atoms with Crippen LogP contribution in [0.4, 0.5) is 11.4 Å². The van der Waals surface area contributed by atoms with Crippen molar-refractivity contribution in [2.75, 3.05) is 43.5 Å². The van der Waals surface area contributed by atoms with Crippen LogP contribution in [-0.2, 0) is 4.79 Å². The van der Waals surface area contributed by atoms with Gasteiger partial charge in [-0.05, 0) is 44.0 Å². The number of nitrogens with zero attached hydrogens (tertiary/aromatic N) is 4. The number of rotatable bonds is 3. The van der Waals surface area contributed by atoms with Gasteiger partial charge in [0.15, 0.2) is 5.78 Å². The lowest BCUT2D eigenvalue weighted by Gasteiger charge is -2.29. The van der Waals surface area contributed by atoms with E-state index >= 15 is 0 Å². The van der Waals surface area contributed by atoms with Crippen LogP contribution in [0.2, 0.25) is 0 Å². The minimum atomic E-state index is -0.0893. The molecule has 1 aromatic carbocycles. The number of anilines is 2. The van der Waals surface area contributed by atoms with E-state index in [1.165, 1.54) is 0 Å². The molecule has 2 aliphatic rings. The number of fused-ring (bicyclic) bond motifs is 1. The fourth-order valence-corrected chi connectivity index (χ4v) is 3.56. The molecule has 0 unspecified atom stereocenters. The van der Waals surface area contributed by atoms with Crippen molar-refractivity contribution in [1.29, 1.82) is 5.26 Å². The molecule has 0 radical (unpaired) electrons. The van der Waals surface area contributed by atoms with Gasteiger partial charge in [0.25, 0.3) is 0 Å². The SMILES string of the molecule is CC1CCN(CC(=O)C(C#N)=C2N(C)c3ccccc3N2C)CC1. The van der Waals surface area contributed by atoms with Crippen LogP contribution in [0.15, 0.2) is 35.7 Å². The van der Waals surface area contributed by atoms with E-state index in [0.717, 1.165) is 43.2 Å². The van der Waals surface area contributed by atoms with Gasteiger partial charge in [0.1, 0.15) is 17.5 Å². The first kappa shape index (κ1) is 16.5. The molecule has 5 nitrogen and oxygen atoms in total. The Bertz CT molecular complexity index is 679. The Morgan fingerprint density at radius 1 is 1.17 bits per heavy atom. The van der Waals surface area contributed by atoms with E-state index in [4.69, 9.17) is 0 Å². The highest BCUT2D eigenvalue weighted by Crippen LogP contribution is 2.40. The van der Waals surface area contributed by atoms with Crippen LogP contribution >= 0.6 is 0 Å². The molecule has 0 bridgehead atoms. The van der Waals surface area contributed by atoms with E-state index in [2.05, 4.69) is 17.9 Å². The van der Waals surface area contributed by atoms with E-state index in [-0.39, 0.29) is 11.4 Å². The van der Waals surface area contributed by atoms with Crippen molar-refractivity contribution in [1.82, 2.24) is 4.90 Å². The van der Waals surface area contributed by atoms with E-state index < -0.39 is 0 Å². The predicted octanol–water partition coefficient (Wildman–Crippen LogP) is 2.61. The molecule has 1 saturated heterocycles. The van der Waals surface area contributed by atoms with Crippen molar-refractivity contribution in [3.63, 3.8) is 0 Å². The number of likely N-dealkylation sites (tertiary alicyclic amines) is 1. The zero-order valence-corrected chi connectivity index (χ0v) is 14.6. The van der Waals surface area contributed by atoms with Gasteiger partial charge in [-0.15, -0.1) is 0 Å². The number of carbonyl (C=O) groups excluding carboxylic acids is 1. The molecule has 2 heterocycles. The first-order chi connectivity index (χ1) is 11.5. The largest absolute Gasteiger partial charge is 0.328 e. The summed E-state index contributed by atoms with van der Waals surface area (Å²) in [6, 6.07) is 10.1. The molecule has 24 heavy (non-hydrogen) atoms. The Hall–Kier alpha value is -2.32. The smallest absolute Gasteiger partial charge is 0.191 e. The van der Waals surface area contributed by atoms with Crippen molar-refractivity contribution in [3.8, 4) is 6.07 Å². The first-order valence-electron chi connectivity index (χ1n) is 8.49. The van der Waals surface area contributed by atoms with Gasteiger partial charge in [0, 0.05) is 14.1 Å². The Labute approximate surface area is 143 Å². The number of para-hydroxylation sites is 2. The van der Waals surface area contributed by atoms with Gasteiger partial charge in [-0.2, -0.15) is 5.26 Å². The molecule has 0 saturated carbocycles. The zero-order valence-electron chi connectivity index (χ0n) is 14.6. The fourth-order valence-electron chi connectivity index (χ4n) is 3.56. The standard InChI is InChI=1S/C19H24N4O/c1-14-8-10-23(11-9-14)13-18(24)15(12-20)19-21(2)16-6-4-5-7-17(16)22(19)3/h4-7,14H,8-11,13H2,1-3H3. The van der Waals surface area contributed by atoms with Crippen LogP contribution in [0.1, 0.15) is 19.8 Å². The van der Waals surface area contributed by atoms with Crippen molar-refractivity contribution in [3.05, 3.63) is 35.7 Å². The topological polar surface area (TPSA) is 50.6 Å². The minimum absolute atomic E-state index is 0.0893. The van der Waals surface area contributed by atoms with E-state index in [1.54, 1.807) is 0 Å². The monoisotopic (exact) mass is 324 g/mol. The second-order valence-corrected chi connectivity index (χ2v) is 6.80. The molecular weight excluding hydrogens is 300 g/mol. The van der Waals surface area contributed by atoms with Crippen molar-refractivity contribution >= 4 is 17.2 Å². The molecule has 1 aromatic rings. The Morgan fingerprint density at radius 2 is 1.71 bits per heavy atom. The van der Waals surface area contributed by atoms with E-state index in [1.807, 2.05) is 48.2 Å². The summed E-state index contributed by atoms with van der Waals surface area (Å²) in [7, 11) is 3.82. The summed E-state index contributed by atoms with van der Waals surface area (Å²) >= 11 is 0. The van der Waals surface area contributed by atoms with E-state index in [9.17, 15) is 10.1 Å². The highest BCUT2D eigenvalue weighted by Gasteiger charge is 2.31. The molecule has 0 N–H and O–H groups in total. The molecule has 0 aliphatic carbocycles. The number of carbonyl (C=O) groups is 1. The summed E-state index contributed by atoms with van der Waals surface area (Å²) < 4.78 is 0. The molecule has 126 valence electrons. The molecule has 0 spiro atoms. The summed E-state index contributed by atoms with van der Waals surface area (Å²) in [4.78, 5) is 18.8. The van der Waals surface area contributed by atoms with Crippen LogP contribution in [0.3, 0.4) is 0 Å². The summed E-state index contributed by atoms with van der Waals surface area (Å²) in [6.07, 6.45) is 2.24. The van der Waals surface area contributed by atoms with Crippen LogP contribution in [-0.4, -0.2) is 44.4 Å². The lowest BCUT2D eigenvalue weighted by atomic mass is 9.99. The third-order valence-electron chi connectivity index (χ3n) is 5.10. The third kappa shape index (κ3) is 2.90. The maximum Gasteiger partial charge on any atom is 0.191 e. The maximum atomic E-state index is 12.8. The van der Waals surface area contributed by atoms with Crippen molar-refractivity contribution in [2.24, 2.45) is 5.92 Å². The lowest BCUT2D eigenvalue weighted by molar-refractivity contribution is -0.116. The van der Waals surface area contributed by atoms with Gasteiger partial charge >= 0.3 is 0 Å². The summed E-state index contributed by atoms with van der Waals surface area (Å²) in [5.74, 6) is 1.31. The van der Waals surface area contributed by atoms with Crippen LogP contribution in [0.25, 0.3) is 0 Å². The molecular formula is C19H24N4O. The Kier molecular flexibility index (Phi) is 4.59. The third-order valence-corrected chi connectivity index (χ3v) is 5.10. The predicted molar refractivity (Wildman–Crippen MR) is 95.7 cm³/mol. The summed E-state index contributed by atoms with van der Waals surface area (Å²) in [5, 5.41) is 9.64. The molecule has 1 fully saturated rings. The molecule has 2 aliphatic heterocycles. The maximum absolute atomic E-state index is 12.8. The quantitative estimate of drug-likeness (QED) is 0.632. The van der Waals surface area contributed by atoms with Gasteiger partial charge in [-0.1, -0.05) is 19.1 Å². The lowest BCUT2D eigenvalue weighted by Crippen LogP contribution is -2.38. The normalized spacial score (nSPS) is 18.5. The summed E-state index contributed by atoms with van der Waals surface area (Å²) in [5.41, 5.74) is 2.28. The highest BCUT2D eigenvalue weighted by atomic mass is 16.1. The average molecular weight is 324 g/mol. The Morgan fingerprint density at radius 3 is 2.21 bits per heavy atom. The van der Waals surface area contributed by atoms with Crippen LogP contribution in [0, 0.1) is 17.2 Å². The second kappa shape index (κ2) is 6.66. The average Bonchev–Trinajstić information content (AvgIpc) is 2.83. The summed E-state index contributed by atoms with van der Waals surface area (Å²) in [6.45, 7) is 4.46. The van der Waals surface area contributed by atoms with Gasteiger partial charge in [0.2, 0.25) is 0 Å². The van der Waals surface area contributed by atoms with Gasteiger partial charge in [0.05, 0.1) is 17.9 Å². The number of benzene rings is 1. The van der Waals surface area contributed by atoms with Crippen LogP contribution in [0.5, 0.6) is 0 Å². The van der Waals surface area contributed by atoms with Gasteiger partial charge in [-0.25, -0.2) is 0 Å². The highest BCUT2D eigenvalue weighted by molar-refractivity contribution is 6.03. The number of hydrogen-bond donors (Lipinski definition) is 0. The number of Topliss-reactive ketones (excluding diaryl/α,β-unsaturated/α-hetero) is 1. The van der Waals surface area contributed by atoms with Crippen molar-refractivity contribution in [2.45, 2.75) is 19.8 Å². The first-order valence-corrected chi connectivity index (χ1v) is 8.49. The Balaban J connectivity index is 1.84. The van der Waals surface area contributed by atoms with Crippen LogP contribution < -0.4 is 9.80 Å². The number of piperidine rings is 1. The van der Waals surface area contributed by atoms with Crippen molar-refractivity contribution < 1.29 is 4.79 Å². The molecule has 0 aromatic heterocycles. The minimum Gasteiger partial charge on any atom is -0.328 e. The molecule has 3 rings (SSSR count). The fraction of sp³-hybridized carbons (Fsp3) is 0.474. The number of nitriles is 1. The van der Waals surface area contributed by atoms with Gasteiger partial charge in [-0.3, -0.25) is 9.69 Å². The number of ketones is 1. The van der Waals surface area contributed by atoms with E-state index in [0.29, 0.717) is 12.4 Å².